The van der Waals surface area contributed by atoms with Crippen LogP contribution in [-0.2, 0) is 11.2 Å². The lowest BCUT2D eigenvalue weighted by Gasteiger charge is -2.36. The van der Waals surface area contributed by atoms with Crippen molar-refractivity contribution in [1.29, 1.82) is 0 Å². The fourth-order valence-electron chi connectivity index (χ4n) is 2.97. The number of likely N-dealkylation sites (N-methyl/N-ethyl adjacent to an activating group) is 1. The highest BCUT2D eigenvalue weighted by Crippen LogP contribution is 2.23. The predicted molar refractivity (Wildman–Crippen MR) is 88.0 cm³/mol. The van der Waals surface area contributed by atoms with E-state index in [1.165, 1.54) is 12.8 Å². The second-order valence-corrected chi connectivity index (χ2v) is 6.64. The average Bonchev–Trinajstić information content (AvgIpc) is 2.43. The Kier molecular flexibility index (Phi) is 5.91. The van der Waals surface area contributed by atoms with Crippen LogP contribution in [0.15, 0.2) is 18.2 Å². The van der Waals surface area contributed by atoms with Crippen molar-refractivity contribution in [3.05, 3.63) is 33.8 Å². The second-order valence-electron chi connectivity index (χ2n) is 5.83. The van der Waals surface area contributed by atoms with Crippen LogP contribution >= 0.6 is 23.2 Å². The molecule has 2 rings (SSSR count). The van der Waals surface area contributed by atoms with Gasteiger partial charge in [-0.1, -0.05) is 35.7 Å². The van der Waals surface area contributed by atoms with Crippen molar-refractivity contribution < 1.29 is 4.79 Å². The molecule has 1 fully saturated rings. The van der Waals surface area contributed by atoms with Gasteiger partial charge in [0.1, 0.15) is 0 Å². The van der Waals surface area contributed by atoms with Crippen LogP contribution < -0.4 is 5.32 Å². The summed E-state index contributed by atoms with van der Waals surface area (Å²) in [6.45, 7) is 3.19. The van der Waals surface area contributed by atoms with Crippen LogP contribution in [0.5, 0.6) is 0 Å². The first-order valence-corrected chi connectivity index (χ1v) is 8.16. The molecule has 0 aliphatic carbocycles. The molecule has 0 bridgehead atoms. The van der Waals surface area contributed by atoms with Gasteiger partial charge in [0.05, 0.1) is 16.5 Å². The van der Waals surface area contributed by atoms with Gasteiger partial charge in [-0.2, -0.15) is 0 Å². The number of nitrogens with zero attached hydrogens (tertiary/aromatic N) is 1. The Morgan fingerprint density at radius 1 is 1.38 bits per heavy atom. The van der Waals surface area contributed by atoms with E-state index in [2.05, 4.69) is 24.2 Å². The van der Waals surface area contributed by atoms with Crippen LogP contribution in [0.4, 0.5) is 0 Å². The fraction of sp³-hybridized carbons (Fsp3) is 0.562. The summed E-state index contributed by atoms with van der Waals surface area (Å²) in [5.74, 6) is 0.0277. The summed E-state index contributed by atoms with van der Waals surface area (Å²) in [6, 6.07) is 5.90. The average molecular weight is 329 g/mol. The summed E-state index contributed by atoms with van der Waals surface area (Å²) < 4.78 is 0. The summed E-state index contributed by atoms with van der Waals surface area (Å²) in [6.07, 6.45) is 3.96. The molecule has 1 aliphatic rings. The molecule has 0 spiro atoms. The maximum Gasteiger partial charge on any atom is 0.224 e. The zero-order valence-corrected chi connectivity index (χ0v) is 14.0. The molecule has 21 heavy (non-hydrogen) atoms. The van der Waals surface area contributed by atoms with E-state index >= 15 is 0 Å². The Morgan fingerprint density at radius 2 is 2.14 bits per heavy atom. The van der Waals surface area contributed by atoms with Crippen molar-refractivity contribution in [3.63, 3.8) is 0 Å². The lowest BCUT2D eigenvalue weighted by atomic mass is 9.97. The van der Waals surface area contributed by atoms with Crippen molar-refractivity contribution >= 4 is 29.1 Å². The van der Waals surface area contributed by atoms with Gasteiger partial charge in [-0.25, -0.2) is 0 Å². The number of piperidine rings is 1. The van der Waals surface area contributed by atoms with Gasteiger partial charge in [-0.05, 0) is 51.1 Å². The largest absolute Gasteiger partial charge is 0.352 e. The SMILES string of the molecule is CC(NC(=O)Cc1ccc(Cl)c(Cl)c1)C1CCCCN1C. The number of nitrogens with one attached hydrogen (secondary N) is 1. The molecule has 2 unspecified atom stereocenters. The number of halogens is 2. The molecule has 0 saturated carbocycles. The third-order valence-corrected chi connectivity index (χ3v) is 4.88. The van der Waals surface area contributed by atoms with Gasteiger partial charge in [-0.3, -0.25) is 4.79 Å². The Labute approximate surface area is 136 Å². The molecule has 1 aliphatic heterocycles. The highest BCUT2D eigenvalue weighted by atomic mass is 35.5. The van der Waals surface area contributed by atoms with Crippen molar-refractivity contribution in [1.82, 2.24) is 10.2 Å². The van der Waals surface area contributed by atoms with E-state index in [1.54, 1.807) is 12.1 Å². The first-order chi connectivity index (χ1) is 9.97. The monoisotopic (exact) mass is 328 g/mol. The van der Waals surface area contributed by atoms with Gasteiger partial charge in [0, 0.05) is 12.1 Å². The quantitative estimate of drug-likeness (QED) is 0.917. The molecular formula is C16H22Cl2N2O. The number of carbonyl (C=O) groups is 1. The molecule has 1 aromatic rings. The number of carbonyl (C=O) groups excluding carboxylic acids is 1. The normalized spacial score (nSPS) is 21.0. The Balaban J connectivity index is 1.90. The molecule has 1 saturated heterocycles. The Morgan fingerprint density at radius 3 is 2.81 bits per heavy atom. The highest BCUT2D eigenvalue weighted by Gasteiger charge is 2.25. The molecular weight excluding hydrogens is 307 g/mol. The Bertz CT molecular complexity index is 507. The summed E-state index contributed by atoms with van der Waals surface area (Å²) in [5.41, 5.74) is 0.881. The van der Waals surface area contributed by atoms with E-state index in [1.807, 2.05) is 6.07 Å². The minimum absolute atomic E-state index is 0.0277. The summed E-state index contributed by atoms with van der Waals surface area (Å²) in [4.78, 5) is 14.5. The van der Waals surface area contributed by atoms with Gasteiger partial charge < -0.3 is 10.2 Å². The molecule has 5 heteroatoms. The zero-order valence-electron chi connectivity index (χ0n) is 12.5. The van der Waals surface area contributed by atoms with Crippen molar-refractivity contribution in [2.45, 2.75) is 44.7 Å². The van der Waals surface area contributed by atoms with Crippen LogP contribution in [-0.4, -0.2) is 36.5 Å². The van der Waals surface area contributed by atoms with Crippen molar-refractivity contribution in [2.75, 3.05) is 13.6 Å². The van der Waals surface area contributed by atoms with E-state index in [0.717, 1.165) is 18.5 Å². The van der Waals surface area contributed by atoms with E-state index < -0.39 is 0 Å². The maximum atomic E-state index is 12.2. The molecule has 2 atom stereocenters. The number of hydrogen-bond donors (Lipinski definition) is 1. The van der Waals surface area contributed by atoms with E-state index in [0.29, 0.717) is 22.5 Å². The predicted octanol–water partition coefficient (Wildman–Crippen LogP) is 3.52. The minimum atomic E-state index is 0.0277. The number of amides is 1. The van der Waals surface area contributed by atoms with Crippen LogP contribution in [0.3, 0.4) is 0 Å². The minimum Gasteiger partial charge on any atom is -0.352 e. The zero-order chi connectivity index (χ0) is 15.4. The summed E-state index contributed by atoms with van der Waals surface area (Å²) >= 11 is 11.9. The number of rotatable bonds is 4. The third-order valence-electron chi connectivity index (χ3n) is 4.14. The van der Waals surface area contributed by atoms with E-state index in [-0.39, 0.29) is 11.9 Å². The van der Waals surface area contributed by atoms with Gasteiger partial charge in [-0.15, -0.1) is 0 Å². The van der Waals surface area contributed by atoms with Crippen LogP contribution in [0.2, 0.25) is 10.0 Å². The van der Waals surface area contributed by atoms with Crippen LogP contribution in [0.25, 0.3) is 0 Å². The van der Waals surface area contributed by atoms with E-state index in [4.69, 9.17) is 23.2 Å². The molecule has 3 nitrogen and oxygen atoms in total. The highest BCUT2D eigenvalue weighted by molar-refractivity contribution is 6.42. The molecule has 1 N–H and O–H groups in total. The fourth-order valence-corrected chi connectivity index (χ4v) is 3.29. The molecule has 1 aromatic carbocycles. The van der Waals surface area contributed by atoms with Crippen molar-refractivity contribution in [2.24, 2.45) is 0 Å². The first-order valence-electron chi connectivity index (χ1n) is 7.41. The van der Waals surface area contributed by atoms with Gasteiger partial charge in [0.2, 0.25) is 5.91 Å². The van der Waals surface area contributed by atoms with E-state index in [9.17, 15) is 4.79 Å². The molecule has 0 radical (unpaired) electrons. The summed E-state index contributed by atoms with van der Waals surface area (Å²) in [5, 5.41) is 4.11. The van der Waals surface area contributed by atoms with Gasteiger partial charge >= 0.3 is 0 Å². The topological polar surface area (TPSA) is 32.3 Å². The van der Waals surface area contributed by atoms with Crippen molar-refractivity contribution in [3.8, 4) is 0 Å². The lowest BCUT2D eigenvalue weighted by Crippen LogP contribution is -2.51. The lowest BCUT2D eigenvalue weighted by molar-refractivity contribution is -0.121. The smallest absolute Gasteiger partial charge is 0.224 e. The second kappa shape index (κ2) is 7.48. The molecule has 1 heterocycles. The maximum absolute atomic E-state index is 12.2. The molecule has 1 amide bonds. The molecule has 116 valence electrons. The standard InChI is InChI=1S/C16H22Cl2N2O/c1-11(15-5-3-4-8-20(15)2)19-16(21)10-12-6-7-13(17)14(18)9-12/h6-7,9,11,15H,3-5,8,10H2,1-2H3,(H,19,21). The van der Waals surface area contributed by atoms with Crippen LogP contribution in [0, 0.1) is 0 Å². The number of benzene rings is 1. The number of likely N-dealkylation sites (tertiary alicyclic amines) is 1. The summed E-state index contributed by atoms with van der Waals surface area (Å²) in [7, 11) is 2.13. The first kappa shape index (κ1) is 16.6. The van der Waals surface area contributed by atoms with Crippen LogP contribution in [0.1, 0.15) is 31.7 Å². The Hall–Kier alpha value is -0.770. The third kappa shape index (κ3) is 4.60. The molecule has 0 aromatic heterocycles. The number of hydrogen-bond acceptors (Lipinski definition) is 2. The van der Waals surface area contributed by atoms with Gasteiger partial charge in [0.25, 0.3) is 0 Å². The van der Waals surface area contributed by atoms with Gasteiger partial charge in [0.15, 0.2) is 0 Å².